The van der Waals surface area contributed by atoms with Gasteiger partial charge in [0.25, 0.3) is 5.91 Å². The Morgan fingerprint density at radius 3 is 2.46 bits per heavy atom. The number of halogens is 2. The average Bonchev–Trinajstić information content (AvgIpc) is 3.12. The quantitative estimate of drug-likeness (QED) is 0.151. The number of nitrogens with one attached hydrogen (secondary N) is 2. The molecule has 0 saturated heterocycles. The van der Waals surface area contributed by atoms with E-state index in [0.717, 1.165) is 22.5 Å². The molecule has 0 aliphatic rings. The highest BCUT2D eigenvalue weighted by Gasteiger charge is 2.20. The monoisotopic (exact) mass is 711 g/mol. The van der Waals surface area contributed by atoms with E-state index in [2.05, 4.69) is 20.6 Å². The average molecular weight is 713 g/mol. The van der Waals surface area contributed by atoms with E-state index in [-0.39, 0.29) is 36.3 Å². The molecular formula is C37H35Cl2N7O4. The number of aryl methyl sites for hydroxylation is 1. The van der Waals surface area contributed by atoms with Crippen LogP contribution in [0, 0.1) is 6.92 Å². The third kappa shape index (κ3) is 8.73. The third-order valence-corrected chi connectivity index (χ3v) is 8.46. The van der Waals surface area contributed by atoms with Crippen molar-refractivity contribution in [2.24, 2.45) is 0 Å². The van der Waals surface area contributed by atoms with Crippen LogP contribution in [0.15, 0.2) is 85.2 Å². The maximum Gasteiger partial charge on any atom is 0.270 e. The predicted octanol–water partition coefficient (Wildman–Crippen LogP) is 6.01. The Hall–Kier alpha value is -5.52. The molecule has 3 heterocycles. The second-order valence-corrected chi connectivity index (χ2v) is 12.2. The first kappa shape index (κ1) is 35.8. The highest BCUT2D eigenvalue weighted by atomic mass is 35.5. The summed E-state index contributed by atoms with van der Waals surface area (Å²) in [5, 5.41) is 6.91. The van der Waals surface area contributed by atoms with Crippen LogP contribution in [0.5, 0.6) is 5.75 Å². The Bertz CT molecular complexity index is 2060. The van der Waals surface area contributed by atoms with E-state index in [4.69, 9.17) is 32.9 Å². The summed E-state index contributed by atoms with van der Waals surface area (Å²) in [7, 11) is 5.51. The van der Waals surface area contributed by atoms with Crippen molar-refractivity contribution in [2.75, 3.05) is 37.5 Å². The van der Waals surface area contributed by atoms with Crippen molar-refractivity contribution in [1.29, 1.82) is 0 Å². The Morgan fingerprint density at radius 2 is 1.74 bits per heavy atom. The number of nitrogens with zero attached hydrogens (tertiary/aromatic N) is 5. The smallest absolute Gasteiger partial charge is 0.270 e. The number of pyridine rings is 3. The summed E-state index contributed by atoms with van der Waals surface area (Å²) in [4.78, 5) is 54.4. The van der Waals surface area contributed by atoms with Gasteiger partial charge in [0, 0.05) is 67.0 Å². The first-order chi connectivity index (χ1) is 24.0. The van der Waals surface area contributed by atoms with Gasteiger partial charge in [-0.3, -0.25) is 24.4 Å². The number of ether oxygens (including phenoxy) is 1. The summed E-state index contributed by atoms with van der Waals surface area (Å²) < 4.78 is 6.20. The molecule has 3 amide bonds. The normalized spacial score (nSPS) is 11.0. The number of anilines is 2. The Kier molecular flexibility index (Phi) is 11.6. The zero-order valence-electron chi connectivity index (χ0n) is 27.9. The molecule has 3 aromatic heterocycles. The zero-order chi connectivity index (χ0) is 35.8. The van der Waals surface area contributed by atoms with Gasteiger partial charge in [0.1, 0.15) is 23.6 Å². The molecule has 11 nitrogen and oxygen atoms in total. The van der Waals surface area contributed by atoms with E-state index in [1.807, 2.05) is 62.3 Å². The number of benzene rings is 2. The van der Waals surface area contributed by atoms with Gasteiger partial charge >= 0.3 is 0 Å². The SMILES string of the molecule is Cc1cc(N(C)C)c2cccc(OCc3c(Cl)ccc(N(C)C(=O)CNC(=O)C=Cc4ccc(C(=O)NCc5ccccn5)nc4)c3Cl)c2n1. The number of amides is 3. The van der Waals surface area contributed by atoms with E-state index in [0.29, 0.717) is 33.1 Å². The second-order valence-electron chi connectivity index (χ2n) is 11.5. The molecule has 2 N–H and O–H groups in total. The van der Waals surface area contributed by atoms with Crippen LogP contribution in [0.1, 0.15) is 33.0 Å². The minimum atomic E-state index is -0.489. The number of carbonyl (C=O) groups is 3. The van der Waals surface area contributed by atoms with Crippen molar-refractivity contribution in [3.8, 4) is 5.75 Å². The molecule has 0 spiro atoms. The van der Waals surface area contributed by atoms with Crippen LogP contribution < -0.4 is 25.2 Å². The Labute approximate surface area is 299 Å². The molecule has 0 unspecified atom stereocenters. The van der Waals surface area contributed by atoms with Crippen LogP contribution in [-0.2, 0) is 22.7 Å². The number of fused-ring (bicyclic) bond motifs is 1. The standard InChI is InChI=1S/C37H35Cl2N7O4/c1-23-18-31(45(2)3)26-9-7-10-32(36(26)44-23)50-22-27-28(38)13-15-30(35(27)39)46(4)34(48)21-42-33(47)16-12-24-11-14-29(41-19-24)37(49)43-20-25-8-5-6-17-40-25/h5-19H,20-22H2,1-4H3,(H,42,47)(H,43,49). The summed E-state index contributed by atoms with van der Waals surface area (Å²) >= 11 is 13.3. The number of hydrogen-bond donors (Lipinski definition) is 2. The van der Waals surface area contributed by atoms with Gasteiger partial charge in [0.15, 0.2) is 0 Å². The van der Waals surface area contributed by atoms with E-state index < -0.39 is 11.8 Å². The molecule has 50 heavy (non-hydrogen) atoms. The number of hydrogen-bond acceptors (Lipinski definition) is 8. The molecular weight excluding hydrogens is 677 g/mol. The van der Waals surface area contributed by atoms with E-state index in [1.165, 1.54) is 23.2 Å². The second kappa shape index (κ2) is 16.3. The van der Waals surface area contributed by atoms with Gasteiger partial charge in [-0.25, -0.2) is 4.98 Å². The molecule has 0 radical (unpaired) electrons. The van der Waals surface area contributed by atoms with E-state index in [9.17, 15) is 14.4 Å². The molecule has 5 aromatic rings. The van der Waals surface area contributed by atoms with Gasteiger partial charge in [-0.1, -0.05) is 47.5 Å². The van der Waals surface area contributed by atoms with Crippen LogP contribution in [0.2, 0.25) is 10.0 Å². The highest BCUT2D eigenvalue weighted by molar-refractivity contribution is 6.38. The topological polar surface area (TPSA) is 130 Å². The minimum Gasteiger partial charge on any atom is -0.487 e. The van der Waals surface area contributed by atoms with Crippen molar-refractivity contribution in [1.82, 2.24) is 25.6 Å². The largest absolute Gasteiger partial charge is 0.487 e. The number of likely N-dealkylation sites (N-methyl/N-ethyl adjacent to an activating group) is 1. The van der Waals surface area contributed by atoms with Crippen LogP contribution >= 0.6 is 23.2 Å². The van der Waals surface area contributed by atoms with E-state index in [1.54, 1.807) is 43.6 Å². The molecule has 0 saturated carbocycles. The van der Waals surface area contributed by atoms with Crippen molar-refractivity contribution in [3.05, 3.63) is 123 Å². The lowest BCUT2D eigenvalue weighted by Gasteiger charge is -2.21. The van der Waals surface area contributed by atoms with Gasteiger partial charge in [-0.05, 0) is 61.0 Å². The molecule has 0 fully saturated rings. The maximum atomic E-state index is 13.1. The van der Waals surface area contributed by atoms with Gasteiger partial charge < -0.3 is 25.2 Å². The summed E-state index contributed by atoms with van der Waals surface area (Å²) in [6, 6.07) is 19.7. The molecule has 0 aliphatic carbocycles. The Morgan fingerprint density at radius 1 is 0.920 bits per heavy atom. The van der Waals surface area contributed by atoms with E-state index >= 15 is 0 Å². The maximum absolute atomic E-state index is 13.1. The van der Waals surface area contributed by atoms with Crippen molar-refractivity contribution in [2.45, 2.75) is 20.1 Å². The van der Waals surface area contributed by atoms with Crippen LogP contribution in [-0.4, -0.2) is 60.4 Å². The summed E-state index contributed by atoms with van der Waals surface area (Å²) in [5.74, 6) is -0.671. The third-order valence-electron chi connectivity index (χ3n) is 7.68. The fourth-order valence-corrected chi connectivity index (χ4v) is 5.60. The molecule has 0 aliphatic heterocycles. The Balaban J connectivity index is 1.17. The molecule has 0 bridgehead atoms. The number of para-hydroxylation sites is 1. The summed E-state index contributed by atoms with van der Waals surface area (Å²) in [6.45, 7) is 1.95. The van der Waals surface area contributed by atoms with Gasteiger partial charge in [-0.2, -0.15) is 0 Å². The molecule has 256 valence electrons. The number of aromatic nitrogens is 3. The van der Waals surface area contributed by atoms with Crippen molar-refractivity contribution < 1.29 is 19.1 Å². The van der Waals surface area contributed by atoms with Crippen LogP contribution in [0.4, 0.5) is 11.4 Å². The lowest BCUT2D eigenvalue weighted by molar-refractivity contribution is -0.122. The lowest BCUT2D eigenvalue weighted by atomic mass is 10.1. The molecule has 0 atom stereocenters. The molecule has 13 heteroatoms. The fraction of sp³-hybridized carbons (Fsp3) is 0.189. The van der Waals surface area contributed by atoms with Gasteiger partial charge in [0.05, 0.1) is 29.5 Å². The first-order valence-electron chi connectivity index (χ1n) is 15.6. The first-order valence-corrected chi connectivity index (χ1v) is 16.3. The van der Waals surface area contributed by atoms with Crippen molar-refractivity contribution >= 4 is 69.3 Å². The highest BCUT2D eigenvalue weighted by Crippen LogP contribution is 2.36. The molecule has 5 rings (SSSR count). The van der Waals surface area contributed by atoms with Crippen molar-refractivity contribution in [3.63, 3.8) is 0 Å². The zero-order valence-corrected chi connectivity index (χ0v) is 29.4. The summed E-state index contributed by atoms with van der Waals surface area (Å²) in [5.41, 5.74) is 5.04. The van der Waals surface area contributed by atoms with Crippen LogP contribution in [0.3, 0.4) is 0 Å². The predicted molar refractivity (Wildman–Crippen MR) is 197 cm³/mol. The minimum absolute atomic E-state index is 0.0345. The fourth-order valence-electron chi connectivity index (χ4n) is 4.99. The molecule has 2 aromatic carbocycles. The van der Waals surface area contributed by atoms with Gasteiger partial charge in [0.2, 0.25) is 11.8 Å². The lowest BCUT2D eigenvalue weighted by Crippen LogP contribution is -2.37. The summed E-state index contributed by atoms with van der Waals surface area (Å²) in [6.07, 6.45) is 5.94. The van der Waals surface area contributed by atoms with Gasteiger partial charge in [-0.15, -0.1) is 0 Å². The number of carbonyl (C=O) groups excluding carboxylic acids is 3. The number of rotatable bonds is 12. The van der Waals surface area contributed by atoms with Crippen LogP contribution in [0.25, 0.3) is 17.0 Å².